The number of hydrogen-bond donors (Lipinski definition) is 2. The summed E-state index contributed by atoms with van der Waals surface area (Å²) in [5.74, 6) is 0.297. The van der Waals surface area contributed by atoms with Crippen molar-refractivity contribution in [3.63, 3.8) is 0 Å². The molecule has 0 bridgehead atoms. The van der Waals surface area contributed by atoms with Crippen LogP contribution in [0.25, 0.3) is 5.69 Å². The number of nitrogens with one attached hydrogen (secondary N) is 1. The number of rotatable bonds is 4. The number of carbonyl (C=O) groups is 1. The number of aromatic nitrogens is 3. The molecule has 2 heterocycles. The SMILES string of the molecule is CC(NC(=O)N1CCC(C(C)O)CC1)c1ccc(-n2cncn2)cc1. The summed E-state index contributed by atoms with van der Waals surface area (Å²) in [6.07, 6.45) is 4.56. The highest BCUT2D eigenvalue weighted by Crippen LogP contribution is 2.21. The zero-order valence-corrected chi connectivity index (χ0v) is 14.7. The fourth-order valence-corrected chi connectivity index (χ4v) is 3.20. The summed E-state index contributed by atoms with van der Waals surface area (Å²) in [6, 6.07) is 7.77. The van der Waals surface area contributed by atoms with Crippen molar-refractivity contribution in [2.24, 2.45) is 5.92 Å². The first-order chi connectivity index (χ1) is 12.0. The summed E-state index contributed by atoms with van der Waals surface area (Å²) in [5.41, 5.74) is 1.97. The van der Waals surface area contributed by atoms with Crippen molar-refractivity contribution in [2.75, 3.05) is 13.1 Å². The minimum Gasteiger partial charge on any atom is -0.393 e. The molecule has 7 heteroatoms. The first-order valence-corrected chi connectivity index (χ1v) is 8.73. The number of aliphatic hydroxyl groups excluding tert-OH is 1. The maximum absolute atomic E-state index is 12.4. The third-order valence-corrected chi connectivity index (χ3v) is 4.93. The van der Waals surface area contributed by atoms with Crippen LogP contribution in [-0.2, 0) is 0 Å². The quantitative estimate of drug-likeness (QED) is 0.891. The standard InChI is InChI=1S/C18H25N5O2/c1-13(15-3-5-17(6-4-15)23-12-19-11-20-23)21-18(25)22-9-7-16(8-10-22)14(2)24/h3-6,11-14,16,24H,7-10H2,1-2H3,(H,21,25). The van der Waals surface area contributed by atoms with E-state index in [2.05, 4.69) is 15.4 Å². The van der Waals surface area contributed by atoms with Gasteiger partial charge in [-0.2, -0.15) is 5.10 Å². The Morgan fingerprint density at radius 3 is 2.48 bits per heavy atom. The summed E-state index contributed by atoms with van der Waals surface area (Å²) in [5, 5.41) is 16.8. The predicted molar refractivity (Wildman–Crippen MR) is 94.3 cm³/mol. The van der Waals surface area contributed by atoms with Crippen molar-refractivity contribution in [3.05, 3.63) is 42.5 Å². The molecular weight excluding hydrogens is 318 g/mol. The average molecular weight is 343 g/mol. The van der Waals surface area contributed by atoms with Gasteiger partial charge in [0, 0.05) is 13.1 Å². The van der Waals surface area contributed by atoms with Gasteiger partial charge in [-0.3, -0.25) is 0 Å². The highest BCUT2D eigenvalue weighted by atomic mass is 16.3. The molecule has 0 radical (unpaired) electrons. The third-order valence-electron chi connectivity index (χ3n) is 4.93. The number of urea groups is 1. The van der Waals surface area contributed by atoms with E-state index in [1.807, 2.05) is 43.0 Å². The van der Waals surface area contributed by atoms with Crippen LogP contribution < -0.4 is 5.32 Å². The summed E-state index contributed by atoms with van der Waals surface area (Å²) in [7, 11) is 0. The van der Waals surface area contributed by atoms with Crippen LogP contribution in [0.5, 0.6) is 0 Å². The van der Waals surface area contributed by atoms with Gasteiger partial charge in [0.05, 0.1) is 17.8 Å². The fourth-order valence-electron chi connectivity index (χ4n) is 3.20. The molecule has 2 unspecified atom stereocenters. The van der Waals surface area contributed by atoms with E-state index in [-0.39, 0.29) is 18.2 Å². The van der Waals surface area contributed by atoms with E-state index in [0.717, 1.165) is 24.1 Å². The lowest BCUT2D eigenvalue weighted by atomic mass is 9.92. The average Bonchev–Trinajstić information content (AvgIpc) is 3.16. The molecule has 25 heavy (non-hydrogen) atoms. The van der Waals surface area contributed by atoms with Crippen molar-refractivity contribution in [2.45, 2.75) is 38.8 Å². The molecule has 0 spiro atoms. The number of benzene rings is 1. The van der Waals surface area contributed by atoms with E-state index in [4.69, 9.17) is 0 Å². The second-order valence-electron chi connectivity index (χ2n) is 6.67. The lowest BCUT2D eigenvalue weighted by Gasteiger charge is -2.34. The van der Waals surface area contributed by atoms with Crippen molar-refractivity contribution < 1.29 is 9.90 Å². The molecule has 1 aromatic heterocycles. The maximum Gasteiger partial charge on any atom is 0.317 e. The van der Waals surface area contributed by atoms with Crippen LogP contribution in [0.15, 0.2) is 36.9 Å². The van der Waals surface area contributed by atoms with Gasteiger partial charge in [0.2, 0.25) is 0 Å². The van der Waals surface area contributed by atoms with Gasteiger partial charge >= 0.3 is 6.03 Å². The van der Waals surface area contributed by atoms with E-state index < -0.39 is 0 Å². The van der Waals surface area contributed by atoms with Gasteiger partial charge in [0.15, 0.2) is 0 Å². The number of hydrogen-bond acceptors (Lipinski definition) is 4. The molecule has 1 aromatic carbocycles. The topological polar surface area (TPSA) is 83.3 Å². The molecule has 1 fully saturated rings. The molecule has 2 amide bonds. The van der Waals surface area contributed by atoms with Gasteiger partial charge in [0.1, 0.15) is 12.7 Å². The van der Waals surface area contributed by atoms with E-state index in [1.165, 1.54) is 6.33 Å². The number of likely N-dealkylation sites (tertiary alicyclic amines) is 1. The number of aliphatic hydroxyl groups is 1. The Hall–Kier alpha value is -2.41. The predicted octanol–water partition coefficient (Wildman–Crippen LogP) is 2.13. The summed E-state index contributed by atoms with van der Waals surface area (Å²) >= 11 is 0. The Bertz CT molecular complexity index is 676. The van der Waals surface area contributed by atoms with Gasteiger partial charge in [-0.25, -0.2) is 14.5 Å². The highest BCUT2D eigenvalue weighted by molar-refractivity contribution is 5.74. The molecule has 7 nitrogen and oxygen atoms in total. The molecule has 2 atom stereocenters. The van der Waals surface area contributed by atoms with Crippen LogP contribution in [0.3, 0.4) is 0 Å². The number of amides is 2. The molecule has 1 saturated heterocycles. The molecule has 1 aliphatic heterocycles. The fraction of sp³-hybridized carbons (Fsp3) is 0.500. The summed E-state index contributed by atoms with van der Waals surface area (Å²) in [4.78, 5) is 18.2. The van der Waals surface area contributed by atoms with Gasteiger partial charge in [-0.1, -0.05) is 12.1 Å². The zero-order valence-electron chi connectivity index (χ0n) is 14.7. The van der Waals surface area contributed by atoms with Crippen molar-refractivity contribution >= 4 is 6.03 Å². The summed E-state index contributed by atoms with van der Waals surface area (Å²) < 4.78 is 1.69. The van der Waals surface area contributed by atoms with Crippen LogP contribution in [0.1, 0.15) is 38.3 Å². The van der Waals surface area contributed by atoms with Crippen LogP contribution in [-0.4, -0.2) is 50.0 Å². The Morgan fingerprint density at radius 2 is 1.92 bits per heavy atom. The molecule has 1 aliphatic rings. The smallest absolute Gasteiger partial charge is 0.317 e. The van der Waals surface area contributed by atoms with Gasteiger partial charge in [0.25, 0.3) is 0 Å². The molecule has 3 rings (SSSR count). The van der Waals surface area contributed by atoms with E-state index in [1.54, 1.807) is 11.0 Å². The molecule has 2 aromatic rings. The second kappa shape index (κ2) is 7.65. The first-order valence-electron chi connectivity index (χ1n) is 8.73. The van der Waals surface area contributed by atoms with Crippen molar-refractivity contribution in [1.82, 2.24) is 25.0 Å². The molecule has 2 N–H and O–H groups in total. The van der Waals surface area contributed by atoms with Crippen molar-refractivity contribution in [3.8, 4) is 5.69 Å². The number of piperidine rings is 1. The van der Waals surface area contributed by atoms with Crippen molar-refractivity contribution in [1.29, 1.82) is 0 Å². The Morgan fingerprint density at radius 1 is 1.24 bits per heavy atom. The normalized spacial score (nSPS) is 18.0. The Labute approximate surface area is 147 Å². The second-order valence-corrected chi connectivity index (χ2v) is 6.67. The summed E-state index contributed by atoms with van der Waals surface area (Å²) in [6.45, 7) is 5.19. The van der Waals surface area contributed by atoms with E-state index >= 15 is 0 Å². The zero-order chi connectivity index (χ0) is 17.8. The minimum absolute atomic E-state index is 0.0445. The largest absolute Gasteiger partial charge is 0.393 e. The first kappa shape index (κ1) is 17.4. The lowest BCUT2D eigenvalue weighted by molar-refractivity contribution is 0.0794. The van der Waals surface area contributed by atoms with Gasteiger partial charge in [-0.05, 0) is 50.3 Å². The molecular formula is C18H25N5O2. The molecule has 0 saturated carbocycles. The van der Waals surface area contributed by atoms with Crippen LogP contribution in [0.2, 0.25) is 0 Å². The van der Waals surface area contributed by atoms with Gasteiger partial charge < -0.3 is 15.3 Å². The van der Waals surface area contributed by atoms with E-state index in [9.17, 15) is 9.90 Å². The minimum atomic E-state index is -0.298. The third kappa shape index (κ3) is 4.17. The van der Waals surface area contributed by atoms with Gasteiger partial charge in [-0.15, -0.1) is 0 Å². The van der Waals surface area contributed by atoms with Crippen LogP contribution in [0, 0.1) is 5.92 Å². The Balaban J connectivity index is 1.55. The monoisotopic (exact) mass is 343 g/mol. The molecule has 134 valence electrons. The van der Waals surface area contributed by atoms with E-state index in [0.29, 0.717) is 19.0 Å². The molecule has 0 aliphatic carbocycles. The maximum atomic E-state index is 12.4. The van der Waals surface area contributed by atoms with Crippen LogP contribution in [0.4, 0.5) is 4.79 Å². The highest BCUT2D eigenvalue weighted by Gasteiger charge is 2.26. The number of nitrogens with zero attached hydrogens (tertiary/aromatic N) is 4. The lowest BCUT2D eigenvalue weighted by Crippen LogP contribution is -2.46. The van der Waals surface area contributed by atoms with Crippen LogP contribution >= 0.6 is 0 Å². The number of carbonyl (C=O) groups excluding carboxylic acids is 1. The Kier molecular flexibility index (Phi) is 5.33.